The topological polar surface area (TPSA) is 76.0 Å². The molecule has 23 heavy (non-hydrogen) atoms. The maximum atomic E-state index is 12.1. The van der Waals surface area contributed by atoms with E-state index in [1.54, 1.807) is 6.08 Å². The van der Waals surface area contributed by atoms with E-state index in [4.69, 9.17) is 4.42 Å². The molecule has 5 nitrogen and oxygen atoms in total. The van der Waals surface area contributed by atoms with Crippen LogP contribution in [-0.2, 0) is 4.79 Å². The highest BCUT2D eigenvalue weighted by Crippen LogP contribution is 2.31. The quantitative estimate of drug-likeness (QED) is 0.731. The van der Waals surface area contributed by atoms with E-state index in [0.29, 0.717) is 23.1 Å². The molecule has 0 atom stereocenters. The van der Waals surface area contributed by atoms with Gasteiger partial charge >= 0.3 is 0 Å². The third-order valence-electron chi connectivity index (χ3n) is 3.50. The van der Waals surface area contributed by atoms with Crippen molar-refractivity contribution in [2.75, 3.05) is 0 Å². The highest BCUT2D eigenvalue weighted by atomic mass is 16.3. The number of carbonyl (C=O) groups is 1. The number of carbonyl (C=O) groups excluding carboxylic acids is 1. The van der Waals surface area contributed by atoms with Crippen LogP contribution in [-0.4, -0.2) is 15.8 Å². The van der Waals surface area contributed by atoms with E-state index in [-0.39, 0.29) is 17.1 Å². The number of nitrogens with zero attached hydrogens (tertiary/aromatic N) is 1. The molecule has 116 valence electrons. The van der Waals surface area contributed by atoms with Crippen LogP contribution in [0.25, 0.3) is 28.5 Å². The van der Waals surface area contributed by atoms with Crippen molar-refractivity contribution in [1.29, 1.82) is 0 Å². The number of rotatable bonds is 5. The lowest BCUT2D eigenvalue weighted by molar-refractivity contribution is -0.114. The Morgan fingerprint density at radius 2 is 2.09 bits per heavy atom. The number of furan rings is 1. The number of aromatic nitrogens is 2. The third-order valence-corrected chi connectivity index (χ3v) is 3.50. The van der Waals surface area contributed by atoms with Gasteiger partial charge in [0.25, 0.3) is 5.56 Å². The van der Waals surface area contributed by atoms with Gasteiger partial charge in [0.1, 0.15) is 11.1 Å². The van der Waals surface area contributed by atoms with Gasteiger partial charge < -0.3 is 9.40 Å². The molecule has 0 spiro atoms. The van der Waals surface area contributed by atoms with Gasteiger partial charge in [-0.2, -0.15) is 0 Å². The molecule has 0 aliphatic rings. The van der Waals surface area contributed by atoms with Gasteiger partial charge in [0.15, 0.2) is 5.78 Å². The fourth-order valence-electron chi connectivity index (χ4n) is 2.43. The molecule has 0 radical (unpaired) electrons. The molecule has 0 fully saturated rings. The first-order valence-corrected chi connectivity index (χ1v) is 7.47. The number of hydrogen-bond donors (Lipinski definition) is 1. The van der Waals surface area contributed by atoms with Gasteiger partial charge in [-0.05, 0) is 18.6 Å². The van der Waals surface area contributed by atoms with E-state index in [1.165, 1.54) is 12.4 Å². The van der Waals surface area contributed by atoms with Crippen molar-refractivity contribution >= 4 is 23.0 Å². The molecule has 0 unspecified atom stereocenters. The first kappa shape index (κ1) is 15.0. The number of aromatic amines is 1. The summed E-state index contributed by atoms with van der Waals surface area (Å²) in [6.45, 7) is 1.95. The van der Waals surface area contributed by atoms with Crippen molar-refractivity contribution < 1.29 is 9.21 Å². The van der Waals surface area contributed by atoms with E-state index in [0.717, 1.165) is 12.0 Å². The summed E-state index contributed by atoms with van der Waals surface area (Å²) in [6, 6.07) is 9.44. The molecule has 3 aromatic rings. The fraction of sp³-hybridized carbons (Fsp3) is 0.167. The standard InChI is InChI=1S/C18H16N2O3/c1-2-6-13(21)9-10-14-15-17(22)19-11-20-18(15)23-16(14)12-7-4-3-5-8-12/h3-5,7-11H,2,6H2,1H3,(H,19,20,22)/b10-9+. The van der Waals surface area contributed by atoms with Crippen LogP contribution in [0.3, 0.4) is 0 Å². The van der Waals surface area contributed by atoms with Crippen molar-refractivity contribution in [2.24, 2.45) is 0 Å². The smallest absolute Gasteiger partial charge is 0.262 e. The van der Waals surface area contributed by atoms with Crippen molar-refractivity contribution in [3.05, 3.63) is 58.7 Å². The zero-order valence-electron chi connectivity index (χ0n) is 12.7. The first-order valence-electron chi connectivity index (χ1n) is 7.47. The lowest BCUT2D eigenvalue weighted by Gasteiger charge is -1.98. The van der Waals surface area contributed by atoms with E-state index < -0.39 is 0 Å². The van der Waals surface area contributed by atoms with Crippen LogP contribution in [0.1, 0.15) is 25.3 Å². The molecule has 0 amide bonds. The normalized spacial score (nSPS) is 11.3. The van der Waals surface area contributed by atoms with Gasteiger partial charge in [0.2, 0.25) is 5.71 Å². The summed E-state index contributed by atoms with van der Waals surface area (Å²) in [5.41, 5.74) is 1.37. The minimum Gasteiger partial charge on any atom is -0.437 e. The first-order chi connectivity index (χ1) is 11.2. The third kappa shape index (κ3) is 2.99. The monoisotopic (exact) mass is 308 g/mol. The van der Waals surface area contributed by atoms with Gasteiger partial charge in [0.05, 0.1) is 6.33 Å². The Morgan fingerprint density at radius 3 is 2.83 bits per heavy atom. The number of benzene rings is 1. The summed E-state index contributed by atoms with van der Waals surface area (Å²) in [5.74, 6) is 0.548. The number of ketones is 1. The van der Waals surface area contributed by atoms with E-state index in [1.807, 2.05) is 37.3 Å². The predicted octanol–water partition coefficient (Wildman–Crippen LogP) is 3.57. The summed E-state index contributed by atoms with van der Waals surface area (Å²) in [7, 11) is 0. The average molecular weight is 308 g/mol. The molecular weight excluding hydrogens is 292 g/mol. The van der Waals surface area contributed by atoms with Crippen LogP contribution in [0.15, 0.2) is 51.9 Å². The van der Waals surface area contributed by atoms with Gasteiger partial charge in [0, 0.05) is 17.5 Å². The number of hydrogen-bond acceptors (Lipinski definition) is 4. The molecule has 0 aliphatic heterocycles. The second kappa shape index (κ2) is 6.44. The minimum absolute atomic E-state index is 0.0150. The number of H-pyrrole nitrogens is 1. The van der Waals surface area contributed by atoms with Crippen molar-refractivity contribution in [1.82, 2.24) is 9.97 Å². The van der Waals surface area contributed by atoms with E-state index >= 15 is 0 Å². The molecule has 2 aromatic heterocycles. The molecular formula is C18H16N2O3. The summed E-state index contributed by atoms with van der Waals surface area (Å²) >= 11 is 0. The lowest BCUT2D eigenvalue weighted by atomic mass is 10.1. The number of fused-ring (bicyclic) bond motifs is 1. The molecule has 5 heteroatoms. The highest BCUT2D eigenvalue weighted by Gasteiger charge is 2.17. The second-order valence-electron chi connectivity index (χ2n) is 5.17. The lowest BCUT2D eigenvalue weighted by Crippen LogP contribution is -2.05. The number of allylic oxidation sites excluding steroid dienone is 1. The molecule has 1 aromatic carbocycles. The number of nitrogens with one attached hydrogen (secondary N) is 1. The van der Waals surface area contributed by atoms with Crippen molar-refractivity contribution in [3.63, 3.8) is 0 Å². The maximum Gasteiger partial charge on any atom is 0.262 e. The Morgan fingerprint density at radius 1 is 1.30 bits per heavy atom. The predicted molar refractivity (Wildman–Crippen MR) is 89.0 cm³/mol. The molecule has 0 saturated carbocycles. The van der Waals surface area contributed by atoms with Crippen molar-refractivity contribution in [3.8, 4) is 11.3 Å². The summed E-state index contributed by atoms with van der Waals surface area (Å²) in [5, 5.41) is 0.354. The van der Waals surface area contributed by atoms with Gasteiger partial charge in [-0.1, -0.05) is 37.3 Å². The van der Waals surface area contributed by atoms with Crippen molar-refractivity contribution in [2.45, 2.75) is 19.8 Å². The van der Waals surface area contributed by atoms with Gasteiger partial charge in [-0.25, -0.2) is 4.98 Å². The van der Waals surface area contributed by atoms with E-state index in [9.17, 15) is 9.59 Å². The molecule has 0 saturated heterocycles. The van der Waals surface area contributed by atoms with Crippen LogP contribution in [0.4, 0.5) is 0 Å². The largest absolute Gasteiger partial charge is 0.437 e. The zero-order chi connectivity index (χ0) is 16.2. The van der Waals surface area contributed by atoms with Crippen LogP contribution in [0, 0.1) is 0 Å². The Kier molecular flexibility index (Phi) is 4.19. The summed E-state index contributed by atoms with van der Waals surface area (Å²) in [6.07, 6.45) is 5.69. The Balaban J connectivity index is 2.20. The maximum absolute atomic E-state index is 12.1. The summed E-state index contributed by atoms with van der Waals surface area (Å²) in [4.78, 5) is 30.5. The molecule has 3 rings (SSSR count). The van der Waals surface area contributed by atoms with Crippen LogP contribution >= 0.6 is 0 Å². The molecule has 1 N–H and O–H groups in total. The summed E-state index contributed by atoms with van der Waals surface area (Å²) < 4.78 is 5.76. The van der Waals surface area contributed by atoms with Gasteiger partial charge in [-0.15, -0.1) is 0 Å². The molecule has 2 heterocycles. The Bertz CT molecular complexity index is 920. The zero-order valence-corrected chi connectivity index (χ0v) is 12.7. The van der Waals surface area contributed by atoms with Crippen LogP contribution < -0.4 is 5.56 Å². The fourth-order valence-corrected chi connectivity index (χ4v) is 2.43. The minimum atomic E-state index is -0.288. The van der Waals surface area contributed by atoms with Crippen LogP contribution in [0.2, 0.25) is 0 Å². The molecule has 0 bridgehead atoms. The van der Waals surface area contributed by atoms with E-state index in [2.05, 4.69) is 9.97 Å². The second-order valence-corrected chi connectivity index (χ2v) is 5.17. The van der Waals surface area contributed by atoms with Crippen LogP contribution in [0.5, 0.6) is 0 Å². The SMILES string of the molecule is CCCC(=O)/C=C/c1c(-c2ccccc2)oc2nc[nH]c(=O)c12. The average Bonchev–Trinajstić information content (AvgIpc) is 2.94. The Labute approximate surface area is 132 Å². The molecule has 0 aliphatic carbocycles. The Hall–Kier alpha value is -2.95. The highest BCUT2D eigenvalue weighted by molar-refractivity contribution is 5.99. The van der Waals surface area contributed by atoms with Gasteiger partial charge in [-0.3, -0.25) is 9.59 Å².